The second kappa shape index (κ2) is 9.62. The molecule has 156 valence electrons. The zero-order valence-corrected chi connectivity index (χ0v) is 18.4. The Kier molecular flexibility index (Phi) is 7.43. The Balaban J connectivity index is 1.71. The molecule has 0 N–H and O–H groups in total. The first kappa shape index (κ1) is 21.6. The summed E-state index contributed by atoms with van der Waals surface area (Å²) in [5.74, 6) is 1.13. The van der Waals surface area contributed by atoms with Gasteiger partial charge in [0.1, 0.15) is 0 Å². The molecule has 1 aliphatic heterocycles. The average Bonchev–Trinajstić information content (AvgIpc) is 3.05. The van der Waals surface area contributed by atoms with E-state index in [0.717, 1.165) is 37.2 Å². The molecular weight excluding hydrogens is 394 g/mol. The molecule has 4 nitrogen and oxygen atoms in total. The van der Waals surface area contributed by atoms with E-state index in [-0.39, 0.29) is 29.4 Å². The summed E-state index contributed by atoms with van der Waals surface area (Å²) in [6.07, 6.45) is 8.35. The molecule has 1 aromatic carbocycles. The zero-order valence-electron chi connectivity index (χ0n) is 16.8. The summed E-state index contributed by atoms with van der Waals surface area (Å²) in [6.45, 7) is 2.62. The quantitative estimate of drug-likeness (QED) is 0.627. The van der Waals surface area contributed by atoms with Crippen LogP contribution in [0.1, 0.15) is 63.9 Å². The van der Waals surface area contributed by atoms with E-state index in [1.54, 1.807) is 0 Å². The van der Waals surface area contributed by atoms with Gasteiger partial charge in [0.2, 0.25) is 5.91 Å². The number of benzene rings is 1. The van der Waals surface area contributed by atoms with Crippen molar-refractivity contribution in [3.8, 4) is 0 Å². The molecule has 1 amide bonds. The Morgan fingerprint density at radius 2 is 1.86 bits per heavy atom. The number of hydrogen-bond donors (Lipinski definition) is 0. The third kappa shape index (κ3) is 5.50. The van der Waals surface area contributed by atoms with Gasteiger partial charge in [0.05, 0.1) is 11.5 Å². The highest BCUT2D eigenvalue weighted by Gasteiger charge is 2.38. The van der Waals surface area contributed by atoms with Crippen molar-refractivity contribution >= 4 is 27.3 Å². The lowest BCUT2D eigenvalue weighted by Crippen LogP contribution is -2.44. The molecule has 2 fully saturated rings. The molecule has 6 heteroatoms. The summed E-state index contributed by atoms with van der Waals surface area (Å²) in [4.78, 5) is 15.2. The molecule has 0 aromatic heterocycles. The highest BCUT2D eigenvalue weighted by atomic mass is 35.5. The summed E-state index contributed by atoms with van der Waals surface area (Å²) in [5, 5.41) is 0.629. The Labute approximate surface area is 174 Å². The van der Waals surface area contributed by atoms with Gasteiger partial charge in [-0.05, 0) is 49.7 Å². The average molecular weight is 426 g/mol. The predicted octanol–water partition coefficient (Wildman–Crippen LogP) is 4.85. The first-order chi connectivity index (χ1) is 13.4. The monoisotopic (exact) mass is 425 g/mol. The SMILES string of the molecule is CCCCC1CCC(C(=O)N(Cc2ccccc2Cl)C2CCS(=O)(=O)C2)CC1. The largest absolute Gasteiger partial charge is 0.334 e. The van der Waals surface area contributed by atoms with Gasteiger partial charge < -0.3 is 4.90 Å². The summed E-state index contributed by atoms with van der Waals surface area (Å²) in [5.41, 5.74) is 0.887. The summed E-state index contributed by atoms with van der Waals surface area (Å²) >= 11 is 6.33. The maximum absolute atomic E-state index is 13.4. The number of rotatable bonds is 7. The first-order valence-corrected chi connectivity index (χ1v) is 12.8. The maximum Gasteiger partial charge on any atom is 0.226 e. The Morgan fingerprint density at radius 1 is 1.14 bits per heavy atom. The van der Waals surface area contributed by atoms with Gasteiger partial charge in [-0.1, -0.05) is 56.0 Å². The van der Waals surface area contributed by atoms with E-state index in [0.29, 0.717) is 18.0 Å². The summed E-state index contributed by atoms with van der Waals surface area (Å²) < 4.78 is 24.1. The van der Waals surface area contributed by atoms with Gasteiger partial charge in [0.25, 0.3) is 0 Å². The molecule has 1 unspecified atom stereocenters. The van der Waals surface area contributed by atoms with Crippen LogP contribution in [0.2, 0.25) is 5.02 Å². The minimum absolute atomic E-state index is 0.0173. The molecule has 0 bridgehead atoms. The fourth-order valence-corrected chi connectivity index (χ4v) is 6.57. The van der Waals surface area contributed by atoms with Crippen molar-refractivity contribution in [3.63, 3.8) is 0 Å². The van der Waals surface area contributed by atoms with E-state index in [1.807, 2.05) is 29.2 Å². The lowest BCUT2D eigenvalue weighted by Gasteiger charge is -2.35. The lowest BCUT2D eigenvalue weighted by atomic mass is 9.79. The molecule has 1 saturated carbocycles. The third-order valence-electron chi connectivity index (χ3n) is 6.39. The number of unbranched alkanes of at least 4 members (excludes halogenated alkanes) is 1. The van der Waals surface area contributed by atoms with Crippen LogP contribution in [0.5, 0.6) is 0 Å². The Hall–Kier alpha value is -1.07. The van der Waals surface area contributed by atoms with Crippen molar-refractivity contribution in [2.45, 2.75) is 70.9 Å². The van der Waals surface area contributed by atoms with Gasteiger partial charge in [-0.15, -0.1) is 0 Å². The van der Waals surface area contributed by atoms with Crippen LogP contribution in [0.25, 0.3) is 0 Å². The van der Waals surface area contributed by atoms with Crippen LogP contribution in [0.15, 0.2) is 24.3 Å². The van der Waals surface area contributed by atoms with Crippen LogP contribution in [0, 0.1) is 11.8 Å². The number of hydrogen-bond acceptors (Lipinski definition) is 3. The smallest absolute Gasteiger partial charge is 0.226 e. The van der Waals surface area contributed by atoms with Crippen molar-refractivity contribution < 1.29 is 13.2 Å². The molecule has 0 spiro atoms. The van der Waals surface area contributed by atoms with Gasteiger partial charge in [-0.3, -0.25) is 4.79 Å². The number of carbonyl (C=O) groups is 1. The number of halogens is 1. The second-order valence-corrected chi connectivity index (χ2v) is 11.1. The van der Waals surface area contributed by atoms with E-state index in [1.165, 1.54) is 19.3 Å². The number of carbonyl (C=O) groups excluding carboxylic acids is 1. The van der Waals surface area contributed by atoms with Gasteiger partial charge in [0, 0.05) is 23.5 Å². The molecule has 3 rings (SSSR count). The van der Waals surface area contributed by atoms with E-state index < -0.39 is 9.84 Å². The van der Waals surface area contributed by atoms with Crippen molar-refractivity contribution in [3.05, 3.63) is 34.9 Å². The normalized spacial score (nSPS) is 26.9. The number of nitrogens with zero attached hydrogens (tertiary/aromatic N) is 1. The highest BCUT2D eigenvalue weighted by molar-refractivity contribution is 7.91. The predicted molar refractivity (Wildman–Crippen MR) is 114 cm³/mol. The van der Waals surface area contributed by atoms with Crippen LogP contribution >= 0.6 is 11.6 Å². The van der Waals surface area contributed by atoms with Crippen molar-refractivity contribution in [2.75, 3.05) is 11.5 Å². The molecule has 2 aliphatic rings. The maximum atomic E-state index is 13.4. The molecule has 1 saturated heterocycles. The summed E-state index contributed by atoms with van der Waals surface area (Å²) in [7, 11) is -3.05. The summed E-state index contributed by atoms with van der Waals surface area (Å²) in [6, 6.07) is 7.30. The molecule has 28 heavy (non-hydrogen) atoms. The van der Waals surface area contributed by atoms with E-state index in [9.17, 15) is 13.2 Å². The van der Waals surface area contributed by atoms with Crippen molar-refractivity contribution in [2.24, 2.45) is 11.8 Å². The van der Waals surface area contributed by atoms with E-state index in [2.05, 4.69) is 6.92 Å². The van der Waals surface area contributed by atoms with Gasteiger partial charge in [-0.25, -0.2) is 8.42 Å². The Morgan fingerprint density at radius 3 is 2.46 bits per heavy atom. The van der Waals surface area contributed by atoms with Crippen LogP contribution in [-0.2, 0) is 21.2 Å². The fourth-order valence-electron chi connectivity index (χ4n) is 4.64. The molecule has 1 aromatic rings. The molecule has 0 radical (unpaired) electrons. The number of sulfone groups is 1. The first-order valence-electron chi connectivity index (χ1n) is 10.6. The second-order valence-electron chi connectivity index (χ2n) is 8.47. The van der Waals surface area contributed by atoms with Gasteiger partial charge >= 0.3 is 0 Å². The fraction of sp³-hybridized carbons (Fsp3) is 0.682. The standard InChI is InChI=1S/C22H32ClNO3S/c1-2-3-6-17-9-11-18(12-10-17)22(25)24(20-13-14-28(26,27)16-20)15-19-7-4-5-8-21(19)23/h4-5,7-8,17-18,20H,2-3,6,9-16H2,1H3. The lowest BCUT2D eigenvalue weighted by molar-refractivity contribution is -0.139. The Bertz CT molecular complexity index is 772. The topological polar surface area (TPSA) is 54.5 Å². The molecular formula is C22H32ClNO3S. The van der Waals surface area contributed by atoms with Crippen molar-refractivity contribution in [1.82, 2.24) is 4.90 Å². The molecule has 1 heterocycles. The van der Waals surface area contributed by atoms with Gasteiger partial charge in [0.15, 0.2) is 9.84 Å². The van der Waals surface area contributed by atoms with Crippen LogP contribution < -0.4 is 0 Å². The van der Waals surface area contributed by atoms with Gasteiger partial charge in [-0.2, -0.15) is 0 Å². The zero-order chi connectivity index (χ0) is 20.1. The number of amides is 1. The minimum Gasteiger partial charge on any atom is -0.334 e. The minimum atomic E-state index is -3.05. The van der Waals surface area contributed by atoms with Crippen LogP contribution in [-0.4, -0.2) is 36.8 Å². The molecule has 1 atom stereocenters. The molecule has 1 aliphatic carbocycles. The van der Waals surface area contributed by atoms with Crippen molar-refractivity contribution in [1.29, 1.82) is 0 Å². The third-order valence-corrected chi connectivity index (χ3v) is 8.51. The van der Waals surface area contributed by atoms with Crippen LogP contribution in [0.3, 0.4) is 0 Å². The van der Waals surface area contributed by atoms with E-state index in [4.69, 9.17) is 11.6 Å². The van der Waals surface area contributed by atoms with E-state index >= 15 is 0 Å². The van der Waals surface area contributed by atoms with Crippen LogP contribution in [0.4, 0.5) is 0 Å². The highest BCUT2D eigenvalue weighted by Crippen LogP contribution is 2.34.